The second kappa shape index (κ2) is 10.7. The van der Waals surface area contributed by atoms with Gasteiger partial charge in [0.15, 0.2) is 6.29 Å². The van der Waals surface area contributed by atoms with Gasteiger partial charge in [0.25, 0.3) is 0 Å². The molecule has 3 aliphatic rings. The number of rotatable bonds is 12. The normalized spacial score (nSPS) is 29.8. The lowest BCUT2D eigenvalue weighted by molar-refractivity contribution is -0.337. The Balaban J connectivity index is 1.76. The first-order valence-corrected chi connectivity index (χ1v) is 9.64. The van der Waals surface area contributed by atoms with Crippen LogP contribution in [0, 0.1) is 5.92 Å². The molecule has 3 saturated heterocycles. The van der Waals surface area contributed by atoms with Crippen molar-refractivity contribution in [2.75, 3.05) is 0 Å². The highest BCUT2D eigenvalue weighted by molar-refractivity contribution is 5.66. The Labute approximate surface area is 150 Å². The Bertz CT molecular complexity index is 453. The van der Waals surface area contributed by atoms with Crippen molar-refractivity contribution < 1.29 is 24.5 Å². The molecule has 3 rings (SSSR count). The van der Waals surface area contributed by atoms with Crippen molar-refractivity contribution in [2.24, 2.45) is 5.92 Å². The molecule has 5 heteroatoms. The third kappa shape index (κ3) is 6.92. The Morgan fingerprint density at radius 2 is 2.04 bits per heavy atom. The summed E-state index contributed by atoms with van der Waals surface area (Å²) < 4.78 is 11.6. The third-order valence-corrected chi connectivity index (χ3v) is 4.92. The van der Waals surface area contributed by atoms with Gasteiger partial charge >= 0.3 is 5.97 Å². The van der Waals surface area contributed by atoms with Crippen LogP contribution in [0.15, 0.2) is 24.3 Å². The van der Waals surface area contributed by atoms with Crippen LogP contribution in [-0.2, 0) is 14.3 Å². The summed E-state index contributed by atoms with van der Waals surface area (Å²) in [7, 11) is 0. The van der Waals surface area contributed by atoms with E-state index >= 15 is 0 Å². The van der Waals surface area contributed by atoms with Crippen LogP contribution in [0.5, 0.6) is 0 Å². The second-order valence-corrected chi connectivity index (χ2v) is 7.05. The molecule has 0 radical (unpaired) electrons. The van der Waals surface area contributed by atoms with Crippen molar-refractivity contribution in [2.45, 2.75) is 89.3 Å². The highest BCUT2D eigenvalue weighted by Crippen LogP contribution is 2.40. The van der Waals surface area contributed by atoms with Crippen molar-refractivity contribution in [1.82, 2.24) is 0 Å². The molecule has 2 N–H and O–H groups in total. The topological polar surface area (TPSA) is 76.0 Å². The number of carbonyl (C=O) groups is 1. The monoisotopic (exact) mass is 352 g/mol. The SMILES string of the molecule is CCCCC[C@H](O)/C=C/[C@H]1O[C@H]2C[C@H](O2)[C@@H]1C/C=C/CCCC(=O)O. The quantitative estimate of drug-likeness (QED) is 0.412. The van der Waals surface area contributed by atoms with E-state index < -0.39 is 12.1 Å². The van der Waals surface area contributed by atoms with E-state index in [2.05, 4.69) is 13.0 Å². The maximum Gasteiger partial charge on any atom is 0.303 e. The summed E-state index contributed by atoms with van der Waals surface area (Å²) in [6.07, 6.45) is 15.4. The van der Waals surface area contributed by atoms with Crippen molar-refractivity contribution in [3.8, 4) is 0 Å². The van der Waals surface area contributed by atoms with E-state index in [-0.39, 0.29) is 30.8 Å². The van der Waals surface area contributed by atoms with Gasteiger partial charge in [0.1, 0.15) is 0 Å². The zero-order valence-corrected chi connectivity index (χ0v) is 15.2. The van der Waals surface area contributed by atoms with Gasteiger partial charge in [-0.2, -0.15) is 0 Å². The van der Waals surface area contributed by atoms with Gasteiger partial charge in [-0.3, -0.25) is 4.79 Å². The average molecular weight is 352 g/mol. The Morgan fingerprint density at radius 1 is 1.24 bits per heavy atom. The second-order valence-electron chi connectivity index (χ2n) is 7.05. The molecule has 0 unspecified atom stereocenters. The number of ether oxygens (including phenoxy) is 2. The van der Waals surface area contributed by atoms with Crippen molar-refractivity contribution in [3.63, 3.8) is 0 Å². The van der Waals surface area contributed by atoms with Crippen molar-refractivity contribution in [3.05, 3.63) is 24.3 Å². The summed E-state index contributed by atoms with van der Waals surface area (Å²) in [6, 6.07) is 0. The van der Waals surface area contributed by atoms with Gasteiger partial charge < -0.3 is 19.7 Å². The fourth-order valence-electron chi connectivity index (χ4n) is 3.38. The molecule has 3 heterocycles. The van der Waals surface area contributed by atoms with Gasteiger partial charge in [-0.05, 0) is 25.7 Å². The number of unbranched alkanes of at least 4 members (excludes halogenated alkanes) is 3. The molecule has 25 heavy (non-hydrogen) atoms. The van der Waals surface area contributed by atoms with Gasteiger partial charge in [0.2, 0.25) is 0 Å². The van der Waals surface area contributed by atoms with E-state index in [0.29, 0.717) is 6.42 Å². The largest absolute Gasteiger partial charge is 0.481 e. The fraction of sp³-hybridized carbons (Fsp3) is 0.750. The van der Waals surface area contributed by atoms with Crippen LogP contribution >= 0.6 is 0 Å². The van der Waals surface area contributed by atoms with Crippen LogP contribution in [0.25, 0.3) is 0 Å². The number of hydrogen-bond donors (Lipinski definition) is 2. The number of aliphatic hydroxyl groups is 1. The maximum atomic E-state index is 10.5. The molecular weight excluding hydrogens is 320 g/mol. The molecule has 5 nitrogen and oxygen atoms in total. The first kappa shape index (κ1) is 20.1. The van der Waals surface area contributed by atoms with E-state index in [1.807, 2.05) is 18.2 Å². The lowest BCUT2D eigenvalue weighted by Crippen LogP contribution is -2.55. The van der Waals surface area contributed by atoms with Crippen LogP contribution in [0.1, 0.15) is 64.7 Å². The summed E-state index contributed by atoms with van der Waals surface area (Å²) in [5, 5.41) is 18.7. The van der Waals surface area contributed by atoms with Gasteiger partial charge in [-0.1, -0.05) is 50.5 Å². The molecule has 3 aliphatic heterocycles. The molecule has 0 aliphatic carbocycles. The smallest absolute Gasteiger partial charge is 0.303 e. The van der Waals surface area contributed by atoms with Crippen LogP contribution in [0.4, 0.5) is 0 Å². The zero-order chi connectivity index (χ0) is 18.1. The molecule has 0 spiro atoms. The van der Waals surface area contributed by atoms with E-state index in [4.69, 9.17) is 14.6 Å². The van der Waals surface area contributed by atoms with Gasteiger partial charge in [0, 0.05) is 18.8 Å². The summed E-state index contributed by atoms with van der Waals surface area (Å²) >= 11 is 0. The Hall–Kier alpha value is -1.17. The molecule has 0 amide bonds. The van der Waals surface area contributed by atoms with Crippen LogP contribution in [0.2, 0.25) is 0 Å². The van der Waals surface area contributed by atoms with Crippen molar-refractivity contribution in [1.29, 1.82) is 0 Å². The fourth-order valence-corrected chi connectivity index (χ4v) is 3.38. The van der Waals surface area contributed by atoms with E-state index in [9.17, 15) is 9.90 Å². The Kier molecular flexibility index (Phi) is 8.65. The summed E-state index contributed by atoms with van der Waals surface area (Å²) in [4.78, 5) is 10.5. The molecule has 3 fully saturated rings. The van der Waals surface area contributed by atoms with Crippen LogP contribution < -0.4 is 0 Å². The minimum absolute atomic E-state index is 0.0120. The predicted molar refractivity (Wildman–Crippen MR) is 96.2 cm³/mol. The number of carboxylic acids is 1. The summed E-state index contributed by atoms with van der Waals surface area (Å²) in [5.41, 5.74) is 0. The standard InChI is InChI=1S/C20H32O5/c1-2-3-6-9-15(21)12-13-17-16(18-14-20(24-17)25-18)10-7-4-5-8-11-19(22)23/h4,7,12-13,15-18,20-21H,2-3,5-6,8-11,14H2,1H3,(H,22,23)/b7-4+,13-12+/t15-,16+,17+,18-,20+/m0/s1. The predicted octanol–water partition coefficient (Wildman–Crippen LogP) is 3.82. The lowest BCUT2D eigenvalue weighted by Gasteiger charge is -2.49. The minimum Gasteiger partial charge on any atom is -0.481 e. The molecule has 0 aromatic carbocycles. The molecule has 0 aromatic heterocycles. The first-order valence-electron chi connectivity index (χ1n) is 9.64. The van der Waals surface area contributed by atoms with Gasteiger partial charge in [0.05, 0.1) is 18.3 Å². The molecular formula is C20H32O5. The molecule has 0 saturated carbocycles. The average Bonchev–Trinajstić information content (AvgIpc) is 2.55. The number of fused-ring (bicyclic) bond motifs is 2. The lowest BCUT2D eigenvalue weighted by atomic mass is 9.84. The van der Waals surface area contributed by atoms with E-state index in [1.54, 1.807) is 0 Å². The Morgan fingerprint density at radius 3 is 2.76 bits per heavy atom. The number of aliphatic carboxylic acids is 1. The van der Waals surface area contributed by atoms with Crippen molar-refractivity contribution >= 4 is 5.97 Å². The molecule has 2 bridgehead atoms. The highest BCUT2D eigenvalue weighted by atomic mass is 16.7. The molecule has 0 aromatic rings. The number of carboxylic acid groups (broad SMARTS) is 1. The van der Waals surface area contributed by atoms with E-state index in [0.717, 1.165) is 44.9 Å². The molecule has 142 valence electrons. The summed E-state index contributed by atoms with van der Waals surface area (Å²) in [5.74, 6) is -0.481. The molecule has 5 atom stereocenters. The first-order chi connectivity index (χ1) is 12.1. The summed E-state index contributed by atoms with van der Waals surface area (Å²) in [6.45, 7) is 2.16. The van der Waals surface area contributed by atoms with Gasteiger partial charge in [-0.15, -0.1) is 0 Å². The third-order valence-electron chi connectivity index (χ3n) is 4.92. The number of hydrogen-bond acceptors (Lipinski definition) is 4. The zero-order valence-electron chi connectivity index (χ0n) is 15.2. The number of aliphatic hydroxyl groups excluding tert-OH is 1. The highest BCUT2D eigenvalue weighted by Gasteiger charge is 2.46. The minimum atomic E-state index is -0.745. The van der Waals surface area contributed by atoms with Crippen LogP contribution in [-0.4, -0.2) is 40.8 Å². The van der Waals surface area contributed by atoms with Gasteiger partial charge in [-0.25, -0.2) is 0 Å². The number of allylic oxidation sites excluding steroid dienone is 2. The van der Waals surface area contributed by atoms with E-state index in [1.165, 1.54) is 0 Å². The van der Waals surface area contributed by atoms with Crippen LogP contribution in [0.3, 0.4) is 0 Å². The maximum absolute atomic E-state index is 10.5.